The van der Waals surface area contributed by atoms with Gasteiger partial charge in [0.25, 0.3) is 0 Å². The summed E-state index contributed by atoms with van der Waals surface area (Å²) in [5, 5.41) is 8.56. The molecule has 2 aromatic rings. The molecule has 4 nitrogen and oxygen atoms in total. The molecule has 1 saturated heterocycles. The van der Waals surface area contributed by atoms with Gasteiger partial charge in [-0.25, -0.2) is 0 Å². The molecule has 5 atom stereocenters. The predicted molar refractivity (Wildman–Crippen MR) is 127 cm³/mol. The fraction of sp³-hybridized carbons (Fsp3) is 0.536. The second-order valence-corrected chi connectivity index (χ2v) is 11.5. The average molecular weight is 429 g/mol. The first-order valence-electron chi connectivity index (χ1n) is 12.5. The summed E-state index contributed by atoms with van der Waals surface area (Å²) in [6.45, 7) is 2.50. The number of hydrogen-bond donors (Lipinski definition) is 2. The van der Waals surface area contributed by atoms with Gasteiger partial charge in [0, 0.05) is 29.6 Å². The van der Waals surface area contributed by atoms with Crippen molar-refractivity contribution in [3.8, 4) is 0 Å². The number of aromatic nitrogens is 2. The Bertz CT molecular complexity index is 1220. The minimum atomic E-state index is -0.101. The number of nitrogens with zero attached hydrogens (tertiary/aromatic N) is 1. The van der Waals surface area contributed by atoms with Gasteiger partial charge in [0.2, 0.25) is 0 Å². The third kappa shape index (κ3) is 2.32. The van der Waals surface area contributed by atoms with Crippen LogP contribution in [0.2, 0.25) is 0 Å². The van der Waals surface area contributed by atoms with Gasteiger partial charge in [-0.2, -0.15) is 5.10 Å². The highest BCUT2D eigenvalue weighted by Gasteiger charge is 2.65. The molecule has 3 aliphatic carbocycles. The molecule has 2 aliphatic heterocycles. The first-order valence-corrected chi connectivity index (χ1v) is 12.5. The molecule has 4 heteroatoms. The second kappa shape index (κ2) is 6.24. The number of fused-ring (bicyclic) bond motifs is 2. The second-order valence-electron chi connectivity index (χ2n) is 11.5. The zero-order valence-corrected chi connectivity index (χ0v) is 19.5. The number of H-pyrrole nitrogens is 1. The van der Waals surface area contributed by atoms with Gasteiger partial charge in [-0.15, -0.1) is 0 Å². The Labute approximate surface area is 190 Å². The maximum Gasteiger partial charge on any atom is 0.0980 e. The lowest BCUT2D eigenvalue weighted by molar-refractivity contribution is -0.887. The molecule has 5 aliphatic rings. The highest BCUT2D eigenvalue weighted by atomic mass is 16.5. The lowest BCUT2D eigenvalue weighted by atomic mass is 9.58. The van der Waals surface area contributed by atoms with Crippen molar-refractivity contribution in [2.24, 2.45) is 11.3 Å². The fourth-order valence-electron chi connectivity index (χ4n) is 8.03. The van der Waals surface area contributed by atoms with E-state index >= 15 is 0 Å². The van der Waals surface area contributed by atoms with E-state index in [0.717, 1.165) is 18.4 Å². The van der Waals surface area contributed by atoms with Crippen molar-refractivity contribution in [1.82, 2.24) is 10.2 Å². The van der Waals surface area contributed by atoms with Gasteiger partial charge < -0.3 is 9.64 Å². The SMILES string of the molecule is C[NH+](C)C1CCC2=CC3=CCC4(C)C(c5ccc6cn[nH]c6c5)=CCC4C34CCC2(C1)O4. The van der Waals surface area contributed by atoms with Crippen molar-refractivity contribution in [2.45, 2.75) is 69.1 Å². The van der Waals surface area contributed by atoms with Crippen LogP contribution >= 0.6 is 0 Å². The van der Waals surface area contributed by atoms with Crippen LogP contribution in [0.3, 0.4) is 0 Å². The summed E-state index contributed by atoms with van der Waals surface area (Å²) in [6.07, 6.45) is 17.8. The molecular weight excluding hydrogens is 394 g/mol. The molecule has 1 saturated carbocycles. The van der Waals surface area contributed by atoms with E-state index in [0.29, 0.717) is 12.0 Å². The minimum absolute atomic E-state index is 0.00659. The van der Waals surface area contributed by atoms with E-state index in [2.05, 4.69) is 67.6 Å². The van der Waals surface area contributed by atoms with Gasteiger partial charge in [0.1, 0.15) is 0 Å². The largest absolute Gasteiger partial charge is 0.359 e. The number of benzene rings is 1. The molecule has 2 spiro atoms. The Morgan fingerprint density at radius 1 is 1.19 bits per heavy atom. The third-order valence-electron chi connectivity index (χ3n) is 9.84. The molecule has 1 aromatic heterocycles. The van der Waals surface area contributed by atoms with Crippen LogP contribution in [0.4, 0.5) is 0 Å². The van der Waals surface area contributed by atoms with Crippen molar-refractivity contribution >= 4 is 16.5 Å². The van der Waals surface area contributed by atoms with E-state index in [1.807, 2.05) is 6.20 Å². The van der Waals surface area contributed by atoms with Crippen LogP contribution in [0.15, 0.2) is 53.8 Å². The quantitative estimate of drug-likeness (QED) is 0.752. The van der Waals surface area contributed by atoms with Crippen molar-refractivity contribution in [3.63, 3.8) is 0 Å². The average Bonchev–Trinajstić information content (AvgIpc) is 3.47. The van der Waals surface area contributed by atoms with E-state index in [9.17, 15) is 0 Å². The molecule has 1 aromatic carbocycles. The number of hydrogen-bond acceptors (Lipinski definition) is 2. The van der Waals surface area contributed by atoms with Crippen LogP contribution in [0.5, 0.6) is 0 Å². The monoisotopic (exact) mass is 428 g/mol. The van der Waals surface area contributed by atoms with Gasteiger partial charge >= 0.3 is 0 Å². The molecule has 2 fully saturated rings. The maximum atomic E-state index is 7.38. The summed E-state index contributed by atoms with van der Waals surface area (Å²) in [7, 11) is 4.63. The van der Waals surface area contributed by atoms with Crippen LogP contribution in [0, 0.1) is 11.3 Å². The summed E-state index contributed by atoms with van der Waals surface area (Å²) in [4.78, 5) is 1.58. The first-order chi connectivity index (χ1) is 15.4. The van der Waals surface area contributed by atoms with Crippen LogP contribution < -0.4 is 4.90 Å². The zero-order chi connectivity index (χ0) is 21.7. The molecular formula is C28H34N3O+. The number of nitrogens with one attached hydrogen (secondary N) is 2. The topological polar surface area (TPSA) is 42.4 Å². The molecule has 5 unspecified atom stereocenters. The smallest absolute Gasteiger partial charge is 0.0980 e. The van der Waals surface area contributed by atoms with Gasteiger partial charge in [-0.05, 0) is 60.5 Å². The van der Waals surface area contributed by atoms with Crippen molar-refractivity contribution in [3.05, 3.63) is 59.3 Å². The van der Waals surface area contributed by atoms with Crippen molar-refractivity contribution in [2.75, 3.05) is 14.1 Å². The van der Waals surface area contributed by atoms with Crippen LogP contribution in [0.25, 0.3) is 16.5 Å². The van der Waals surface area contributed by atoms with Gasteiger partial charge in [0.05, 0.1) is 43.1 Å². The predicted octanol–water partition coefficient (Wildman–Crippen LogP) is 4.23. The van der Waals surface area contributed by atoms with E-state index in [1.54, 1.807) is 10.5 Å². The standard InChI is InChI=1S/C28H33N3O/c1-26-11-10-21-15-20-6-7-22(31(2)3)16-27(20)12-13-28(21,32-27)25(26)9-8-23(26)18-4-5-19-17-29-30-24(19)14-18/h4-5,8,10,14-15,17,22,25H,6-7,9,11-13,16H2,1-3H3,(H,29,30)/p+1. The van der Waals surface area contributed by atoms with Crippen LogP contribution in [-0.2, 0) is 4.74 Å². The third-order valence-corrected chi connectivity index (χ3v) is 9.84. The van der Waals surface area contributed by atoms with Crippen LogP contribution in [0.1, 0.15) is 57.4 Å². The number of rotatable bonds is 2. The van der Waals surface area contributed by atoms with Crippen LogP contribution in [-0.4, -0.2) is 41.5 Å². The van der Waals surface area contributed by atoms with Gasteiger partial charge in [0.15, 0.2) is 0 Å². The summed E-state index contributed by atoms with van der Waals surface area (Å²) in [5.41, 5.74) is 7.07. The molecule has 166 valence electrons. The Kier molecular flexibility index (Phi) is 3.76. The number of aromatic amines is 1. The Morgan fingerprint density at radius 2 is 2.09 bits per heavy atom. The van der Waals surface area contributed by atoms with Crippen molar-refractivity contribution in [1.29, 1.82) is 0 Å². The van der Waals surface area contributed by atoms with E-state index in [-0.39, 0.29) is 16.6 Å². The molecule has 3 heterocycles. The van der Waals surface area contributed by atoms with Crippen molar-refractivity contribution < 1.29 is 9.64 Å². The highest BCUT2D eigenvalue weighted by molar-refractivity contribution is 5.84. The summed E-state index contributed by atoms with van der Waals surface area (Å²) >= 11 is 0. The maximum absolute atomic E-state index is 7.38. The minimum Gasteiger partial charge on any atom is -0.359 e. The molecule has 0 radical (unpaired) electrons. The summed E-state index contributed by atoms with van der Waals surface area (Å²) in [6, 6.07) is 7.49. The number of quaternary nitrogens is 1. The fourth-order valence-corrected chi connectivity index (χ4v) is 8.03. The Hall–Kier alpha value is -2.17. The normalized spacial score (nSPS) is 39.9. The first kappa shape index (κ1) is 19.3. The number of ether oxygens (including phenoxy) is 1. The van der Waals surface area contributed by atoms with E-state index < -0.39 is 0 Å². The highest BCUT2D eigenvalue weighted by Crippen LogP contribution is 2.67. The lowest BCUT2D eigenvalue weighted by Gasteiger charge is -2.54. The summed E-state index contributed by atoms with van der Waals surface area (Å²) in [5.74, 6) is 0.520. The lowest BCUT2D eigenvalue weighted by Crippen LogP contribution is -3.10. The number of allylic oxidation sites excluding steroid dienone is 3. The molecule has 2 N–H and O–H groups in total. The zero-order valence-electron chi connectivity index (χ0n) is 19.5. The summed E-state index contributed by atoms with van der Waals surface area (Å²) < 4.78 is 7.38. The van der Waals surface area contributed by atoms with Gasteiger partial charge in [-0.3, -0.25) is 5.10 Å². The van der Waals surface area contributed by atoms with E-state index in [1.165, 1.54) is 54.2 Å². The Morgan fingerprint density at radius 3 is 2.97 bits per heavy atom. The Balaban J connectivity index is 1.29. The van der Waals surface area contributed by atoms with E-state index in [4.69, 9.17) is 4.74 Å². The molecule has 32 heavy (non-hydrogen) atoms. The molecule has 7 rings (SSSR count). The van der Waals surface area contributed by atoms with Gasteiger partial charge in [-0.1, -0.05) is 37.3 Å². The molecule has 0 amide bonds. The molecule has 2 bridgehead atoms.